The molecule has 0 saturated heterocycles. The second-order valence-electron chi connectivity index (χ2n) is 6.81. The number of carbonyl (C=O) groups is 1. The number of fused-ring (bicyclic) bond motifs is 1. The van der Waals surface area contributed by atoms with E-state index < -0.39 is 5.60 Å². The molecule has 3 aromatic rings. The number of carbonyl (C=O) groups excluding carboxylic acids is 1. The molecule has 0 aliphatic heterocycles. The number of nitrogens with zero attached hydrogens (tertiary/aromatic N) is 1. The molecule has 1 heterocycles. The van der Waals surface area contributed by atoms with Crippen molar-refractivity contribution >= 4 is 32.9 Å². The molecule has 0 atom stereocenters. The Morgan fingerprint density at radius 2 is 1.75 bits per heavy atom. The zero-order valence-electron chi connectivity index (χ0n) is 14.0. The van der Waals surface area contributed by atoms with Crippen LogP contribution in [0.1, 0.15) is 32.0 Å². The number of aromatic nitrogens is 1. The quantitative estimate of drug-likeness (QED) is 0.559. The standard InChI is InChI=1S/C20H20BrNO2/c1-20(2,3)24-19(23)22-17(12-14-8-10-16(21)11-9-14)13-15-6-4-5-7-18(15)22/h4-11,13H,12H2,1-3H3. The van der Waals surface area contributed by atoms with E-state index in [0.717, 1.165) is 26.6 Å². The number of halogens is 1. The Balaban J connectivity index is 2.04. The van der Waals surface area contributed by atoms with Gasteiger partial charge in [-0.2, -0.15) is 0 Å². The number of hydrogen-bond acceptors (Lipinski definition) is 2. The Morgan fingerprint density at radius 3 is 2.42 bits per heavy atom. The molecule has 0 aliphatic carbocycles. The summed E-state index contributed by atoms with van der Waals surface area (Å²) < 4.78 is 8.33. The van der Waals surface area contributed by atoms with Crippen LogP contribution in [-0.2, 0) is 11.2 Å². The van der Waals surface area contributed by atoms with E-state index in [-0.39, 0.29) is 6.09 Å². The highest BCUT2D eigenvalue weighted by Gasteiger charge is 2.22. The van der Waals surface area contributed by atoms with Crippen LogP contribution in [0.3, 0.4) is 0 Å². The van der Waals surface area contributed by atoms with Crippen molar-refractivity contribution in [2.75, 3.05) is 0 Å². The van der Waals surface area contributed by atoms with Gasteiger partial charge in [-0.3, -0.25) is 0 Å². The minimum Gasteiger partial charge on any atom is -0.443 e. The molecular formula is C20H20BrNO2. The summed E-state index contributed by atoms with van der Waals surface area (Å²) >= 11 is 3.45. The summed E-state index contributed by atoms with van der Waals surface area (Å²) in [4.78, 5) is 12.7. The lowest BCUT2D eigenvalue weighted by Crippen LogP contribution is -2.28. The van der Waals surface area contributed by atoms with Crippen molar-refractivity contribution in [2.24, 2.45) is 0 Å². The van der Waals surface area contributed by atoms with Gasteiger partial charge in [0.2, 0.25) is 0 Å². The average Bonchev–Trinajstić information content (AvgIpc) is 2.85. The Hall–Kier alpha value is -2.07. The van der Waals surface area contributed by atoms with Gasteiger partial charge in [0.1, 0.15) is 5.60 Å². The number of rotatable bonds is 2. The molecule has 2 aromatic carbocycles. The van der Waals surface area contributed by atoms with E-state index in [4.69, 9.17) is 4.74 Å². The Bertz CT molecular complexity index is 873. The fourth-order valence-electron chi connectivity index (χ4n) is 2.68. The maximum Gasteiger partial charge on any atom is 0.419 e. The van der Waals surface area contributed by atoms with Crippen LogP contribution in [0.4, 0.5) is 4.79 Å². The number of ether oxygens (including phenoxy) is 1. The summed E-state index contributed by atoms with van der Waals surface area (Å²) in [6.45, 7) is 5.64. The van der Waals surface area contributed by atoms with Crippen molar-refractivity contribution in [1.82, 2.24) is 4.57 Å². The number of benzene rings is 2. The third-order valence-corrected chi connectivity index (χ3v) is 4.19. The van der Waals surface area contributed by atoms with Crippen LogP contribution in [0.15, 0.2) is 59.1 Å². The molecule has 0 N–H and O–H groups in total. The number of hydrogen-bond donors (Lipinski definition) is 0. The van der Waals surface area contributed by atoms with Crippen molar-refractivity contribution in [1.29, 1.82) is 0 Å². The minimum atomic E-state index is -0.530. The van der Waals surface area contributed by atoms with Crippen LogP contribution in [0, 0.1) is 0 Å². The third kappa shape index (κ3) is 3.70. The van der Waals surface area contributed by atoms with Gasteiger partial charge in [-0.05, 0) is 50.6 Å². The molecule has 0 amide bonds. The lowest BCUT2D eigenvalue weighted by molar-refractivity contribution is 0.0541. The van der Waals surface area contributed by atoms with Gasteiger partial charge in [-0.25, -0.2) is 9.36 Å². The van der Waals surface area contributed by atoms with Gasteiger partial charge >= 0.3 is 6.09 Å². The molecule has 0 unspecified atom stereocenters. The number of para-hydroxylation sites is 1. The van der Waals surface area contributed by atoms with Crippen LogP contribution in [0.2, 0.25) is 0 Å². The zero-order valence-corrected chi connectivity index (χ0v) is 15.6. The van der Waals surface area contributed by atoms with Gasteiger partial charge < -0.3 is 4.74 Å². The summed E-state index contributed by atoms with van der Waals surface area (Å²) in [5.74, 6) is 0. The summed E-state index contributed by atoms with van der Waals surface area (Å²) in [7, 11) is 0. The molecule has 0 spiro atoms. The maximum absolute atomic E-state index is 12.7. The van der Waals surface area contributed by atoms with E-state index in [0.29, 0.717) is 6.42 Å². The third-order valence-electron chi connectivity index (χ3n) is 3.66. The highest BCUT2D eigenvalue weighted by Crippen LogP contribution is 2.24. The molecule has 0 radical (unpaired) electrons. The van der Waals surface area contributed by atoms with Crippen LogP contribution in [-0.4, -0.2) is 16.3 Å². The monoisotopic (exact) mass is 385 g/mol. The van der Waals surface area contributed by atoms with Gasteiger partial charge in [0.05, 0.1) is 5.52 Å². The van der Waals surface area contributed by atoms with Crippen LogP contribution >= 0.6 is 15.9 Å². The fraction of sp³-hybridized carbons (Fsp3) is 0.250. The molecule has 0 fully saturated rings. The highest BCUT2D eigenvalue weighted by molar-refractivity contribution is 9.10. The zero-order chi connectivity index (χ0) is 17.3. The summed E-state index contributed by atoms with van der Waals surface area (Å²) in [6, 6.07) is 18.1. The van der Waals surface area contributed by atoms with E-state index >= 15 is 0 Å². The van der Waals surface area contributed by atoms with Crippen LogP contribution < -0.4 is 0 Å². The van der Waals surface area contributed by atoms with Gasteiger partial charge in [0.15, 0.2) is 0 Å². The first kappa shape index (κ1) is 16.8. The molecule has 3 rings (SSSR count). The van der Waals surface area contributed by atoms with E-state index in [1.54, 1.807) is 4.57 Å². The smallest absolute Gasteiger partial charge is 0.419 e. The van der Waals surface area contributed by atoms with Crippen LogP contribution in [0.25, 0.3) is 10.9 Å². The Labute approximate surface area is 150 Å². The van der Waals surface area contributed by atoms with Crippen molar-refractivity contribution < 1.29 is 9.53 Å². The first-order valence-electron chi connectivity index (χ1n) is 7.91. The molecule has 3 nitrogen and oxygen atoms in total. The molecule has 124 valence electrons. The Kier molecular flexibility index (Phi) is 4.50. The summed E-state index contributed by atoms with van der Waals surface area (Å²) in [5.41, 5.74) is 2.41. The largest absolute Gasteiger partial charge is 0.443 e. The van der Waals surface area contributed by atoms with Gasteiger partial charge in [0.25, 0.3) is 0 Å². The molecule has 1 aromatic heterocycles. The van der Waals surface area contributed by atoms with E-state index in [2.05, 4.69) is 34.1 Å². The summed E-state index contributed by atoms with van der Waals surface area (Å²) in [6.07, 6.45) is 0.331. The summed E-state index contributed by atoms with van der Waals surface area (Å²) in [5, 5.41) is 1.04. The SMILES string of the molecule is CC(C)(C)OC(=O)n1c(Cc2ccc(Br)cc2)cc2ccccc21. The van der Waals surface area contributed by atoms with Gasteiger partial charge in [-0.1, -0.05) is 46.3 Å². The maximum atomic E-state index is 12.7. The molecule has 0 saturated carbocycles. The Morgan fingerprint density at radius 1 is 1.08 bits per heavy atom. The molecular weight excluding hydrogens is 366 g/mol. The van der Waals surface area contributed by atoms with Gasteiger partial charge in [-0.15, -0.1) is 0 Å². The van der Waals surface area contributed by atoms with Crippen LogP contribution in [0.5, 0.6) is 0 Å². The van der Waals surface area contributed by atoms with E-state index in [9.17, 15) is 4.79 Å². The van der Waals surface area contributed by atoms with Crippen molar-refractivity contribution in [3.8, 4) is 0 Å². The predicted molar refractivity (Wildman–Crippen MR) is 101 cm³/mol. The van der Waals surface area contributed by atoms with Crippen molar-refractivity contribution in [3.05, 3.63) is 70.3 Å². The molecule has 0 bridgehead atoms. The molecule has 24 heavy (non-hydrogen) atoms. The predicted octanol–water partition coefficient (Wildman–Crippen LogP) is 5.78. The fourth-order valence-corrected chi connectivity index (χ4v) is 2.94. The minimum absolute atomic E-state index is 0.337. The van der Waals surface area contributed by atoms with Crippen molar-refractivity contribution in [2.45, 2.75) is 32.8 Å². The lowest BCUT2D eigenvalue weighted by atomic mass is 10.1. The normalized spacial score (nSPS) is 11.7. The van der Waals surface area contributed by atoms with Crippen molar-refractivity contribution in [3.63, 3.8) is 0 Å². The van der Waals surface area contributed by atoms with Gasteiger partial charge in [0, 0.05) is 22.0 Å². The highest BCUT2D eigenvalue weighted by atomic mass is 79.9. The first-order valence-corrected chi connectivity index (χ1v) is 8.70. The topological polar surface area (TPSA) is 31.2 Å². The second-order valence-corrected chi connectivity index (χ2v) is 7.73. The van der Waals surface area contributed by atoms with E-state index in [1.165, 1.54) is 0 Å². The second kappa shape index (κ2) is 6.44. The van der Waals surface area contributed by atoms with E-state index in [1.807, 2.05) is 57.2 Å². The molecule has 0 aliphatic rings. The molecule has 4 heteroatoms. The lowest BCUT2D eigenvalue weighted by Gasteiger charge is -2.21. The average molecular weight is 386 g/mol. The first-order chi connectivity index (χ1) is 11.3.